The van der Waals surface area contributed by atoms with Gasteiger partial charge < -0.3 is 20.3 Å². The largest absolute Gasteiger partial charge is 0.497 e. The lowest BCUT2D eigenvalue weighted by molar-refractivity contribution is 0.130. The maximum Gasteiger partial charge on any atom is 0.319 e. The van der Waals surface area contributed by atoms with Gasteiger partial charge in [-0.1, -0.05) is 31.0 Å². The molecule has 2 aliphatic rings. The molecule has 1 aliphatic heterocycles. The molecule has 2 aromatic rings. The normalized spacial score (nSPS) is 22.0. The first-order chi connectivity index (χ1) is 16.1. The zero-order valence-corrected chi connectivity index (χ0v) is 19.6. The van der Waals surface area contributed by atoms with Gasteiger partial charge in [-0.3, -0.25) is 0 Å². The Hall–Kier alpha value is -2.60. The number of amides is 2. The molecule has 6 heteroatoms. The van der Waals surface area contributed by atoms with Crippen molar-refractivity contribution in [2.24, 2.45) is 11.8 Å². The summed E-state index contributed by atoms with van der Waals surface area (Å²) in [6.45, 7) is 3.25. The molecule has 1 aliphatic carbocycles. The van der Waals surface area contributed by atoms with Crippen LogP contribution >= 0.6 is 0 Å². The Balaban J connectivity index is 1.24. The molecule has 178 valence electrons. The monoisotopic (exact) mass is 453 g/mol. The molecular formula is C27H36FN3O2. The summed E-state index contributed by atoms with van der Waals surface area (Å²) in [7, 11) is 1.62. The van der Waals surface area contributed by atoms with Crippen molar-refractivity contribution in [1.82, 2.24) is 10.2 Å². The third-order valence-corrected chi connectivity index (χ3v) is 7.19. The smallest absolute Gasteiger partial charge is 0.319 e. The molecule has 2 amide bonds. The minimum Gasteiger partial charge on any atom is -0.497 e. The predicted octanol–water partition coefficient (Wildman–Crippen LogP) is 5.47. The summed E-state index contributed by atoms with van der Waals surface area (Å²) in [4.78, 5) is 15.2. The molecule has 2 aromatic carbocycles. The molecule has 1 saturated carbocycles. The Morgan fingerprint density at radius 1 is 1.06 bits per heavy atom. The first kappa shape index (κ1) is 23.6. The van der Waals surface area contributed by atoms with E-state index in [1.807, 2.05) is 36.4 Å². The highest BCUT2D eigenvalue weighted by Crippen LogP contribution is 2.28. The van der Waals surface area contributed by atoms with Crippen molar-refractivity contribution in [3.05, 3.63) is 59.9 Å². The Morgan fingerprint density at radius 3 is 2.58 bits per heavy atom. The maximum atomic E-state index is 13.1. The van der Waals surface area contributed by atoms with Crippen LogP contribution in [-0.4, -0.2) is 43.7 Å². The van der Waals surface area contributed by atoms with Crippen LogP contribution in [0, 0.1) is 17.7 Å². The summed E-state index contributed by atoms with van der Waals surface area (Å²) in [5.41, 5.74) is 1.97. The van der Waals surface area contributed by atoms with E-state index in [4.69, 9.17) is 4.74 Å². The van der Waals surface area contributed by atoms with E-state index in [1.165, 1.54) is 37.7 Å². The van der Waals surface area contributed by atoms with Gasteiger partial charge in [0, 0.05) is 24.3 Å². The standard InChI is InChI=1S/C27H36FN3O2/c1-33-25-7-4-6-24(18-25)29-27(32)30-26-8-3-2-5-22(26)19-31-15-13-21(14-16-31)17-20-9-11-23(28)12-10-20/h4,6-7,9-12,18,21-22,26H,2-3,5,8,13-17,19H2,1H3,(H2,29,30,32)/t22-,26+/m1/s1. The number of piperidine rings is 1. The fraction of sp³-hybridized carbons (Fsp3) is 0.519. The van der Waals surface area contributed by atoms with E-state index in [9.17, 15) is 9.18 Å². The Kier molecular flexibility index (Phi) is 8.21. The molecule has 2 atom stereocenters. The highest BCUT2D eigenvalue weighted by Gasteiger charge is 2.29. The number of anilines is 1. The number of rotatable bonds is 7. The second-order valence-electron chi connectivity index (χ2n) is 9.56. The SMILES string of the molecule is COc1cccc(NC(=O)N[C@H]2CCCC[C@@H]2CN2CCC(Cc3ccc(F)cc3)CC2)c1. The van der Waals surface area contributed by atoms with Gasteiger partial charge in [-0.25, -0.2) is 9.18 Å². The van der Waals surface area contributed by atoms with Gasteiger partial charge in [0.15, 0.2) is 0 Å². The number of benzene rings is 2. The molecular weight excluding hydrogens is 417 g/mol. The van der Waals surface area contributed by atoms with Gasteiger partial charge in [0.25, 0.3) is 0 Å². The van der Waals surface area contributed by atoms with Crippen LogP contribution in [-0.2, 0) is 6.42 Å². The van der Waals surface area contributed by atoms with E-state index in [1.54, 1.807) is 19.2 Å². The van der Waals surface area contributed by atoms with Crippen LogP contribution in [0.25, 0.3) is 0 Å². The van der Waals surface area contributed by atoms with E-state index in [-0.39, 0.29) is 17.9 Å². The summed E-state index contributed by atoms with van der Waals surface area (Å²) in [6, 6.07) is 14.5. The summed E-state index contributed by atoms with van der Waals surface area (Å²) in [6.07, 6.45) is 8.00. The van der Waals surface area contributed by atoms with Crippen LogP contribution in [0.3, 0.4) is 0 Å². The summed E-state index contributed by atoms with van der Waals surface area (Å²) >= 11 is 0. The fourth-order valence-corrected chi connectivity index (χ4v) is 5.31. The average molecular weight is 454 g/mol. The summed E-state index contributed by atoms with van der Waals surface area (Å²) in [5.74, 6) is 1.72. The third-order valence-electron chi connectivity index (χ3n) is 7.19. The van der Waals surface area contributed by atoms with Crippen molar-refractivity contribution in [2.45, 2.75) is 51.0 Å². The minimum atomic E-state index is -0.165. The predicted molar refractivity (Wildman–Crippen MR) is 130 cm³/mol. The van der Waals surface area contributed by atoms with Crippen molar-refractivity contribution in [3.63, 3.8) is 0 Å². The van der Waals surface area contributed by atoms with Crippen molar-refractivity contribution in [2.75, 3.05) is 32.1 Å². The second kappa shape index (κ2) is 11.5. The minimum absolute atomic E-state index is 0.141. The van der Waals surface area contributed by atoms with Gasteiger partial charge in [-0.15, -0.1) is 0 Å². The lowest BCUT2D eigenvalue weighted by Gasteiger charge is -2.39. The molecule has 2 N–H and O–H groups in total. The van der Waals surface area contributed by atoms with Crippen LogP contribution in [0.5, 0.6) is 5.75 Å². The van der Waals surface area contributed by atoms with E-state index in [0.717, 1.165) is 43.9 Å². The molecule has 33 heavy (non-hydrogen) atoms. The lowest BCUT2D eigenvalue weighted by Crippen LogP contribution is -2.48. The van der Waals surface area contributed by atoms with Crippen molar-refractivity contribution in [1.29, 1.82) is 0 Å². The van der Waals surface area contributed by atoms with E-state index >= 15 is 0 Å². The number of nitrogens with zero attached hydrogens (tertiary/aromatic N) is 1. The molecule has 0 unspecified atom stereocenters. The van der Waals surface area contributed by atoms with Gasteiger partial charge in [0.1, 0.15) is 11.6 Å². The zero-order chi connectivity index (χ0) is 23.0. The topological polar surface area (TPSA) is 53.6 Å². The first-order valence-electron chi connectivity index (χ1n) is 12.3. The Bertz CT molecular complexity index is 896. The van der Waals surface area contributed by atoms with Crippen LogP contribution < -0.4 is 15.4 Å². The number of likely N-dealkylation sites (tertiary alicyclic amines) is 1. The number of carbonyl (C=O) groups excluding carboxylic acids is 1. The Labute approximate surface area is 196 Å². The van der Waals surface area contributed by atoms with Gasteiger partial charge in [0.2, 0.25) is 0 Å². The molecule has 0 aromatic heterocycles. The molecule has 2 fully saturated rings. The van der Waals surface area contributed by atoms with Gasteiger partial charge in [-0.2, -0.15) is 0 Å². The van der Waals surface area contributed by atoms with Gasteiger partial charge in [-0.05, 0) is 86.9 Å². The highest BCUT2D eigenvalue weighted by molar-refractivity contribution is 5.89. The summed E-state index contributed by atoms with van der Waals surface area (Å²) in [5, 5.41) is 6.20. The van der Waals surface area contributed by atoms with Crippen LogP contribution in [0.15, 0.2) is 48.5 Å². The fourth-order valence-electron chi connectivity index (χ4n) is 5.31. The molecule has 0 bridgehead atoms. The average Bonchev–Trinajstić information content (AvgIpc) is 2.83. The number of carbonyl (C=O) groups is 1. The Morgan fingerprint density at radius 2 is 1.82 bits per heavy atom. The van der Waals surface area contributed by atoms with Crippen LogP contribution in [0.4, 0.5) is 14.9 Å². The maximum absolute atomic E-state index is 13.1. The number of hydrogen-bond acceptors (Lipinski definition) is 3. The van der Waals surface area contributed by atoms with Crippen molar-refractivity contribution < 1.29 is 13.9 Å². The van der Waals surface area contributed by atoms with E-state index < -0.39 is 0 Å². The zero-order valence-electron chi connectivity index (χ0n) is 19.6. The molecule has 1 heterocycles. The van der Waals surface area contributed by atoms with Gasteiger partial charge in [0.05, 0.1) is 7.11 Å². The number of hydrogen-bond donors (Lipinski definition) is 2. The third kappa shape index (κ3) is 6.94. The quantitative estimate of drug-likeness (QED) is 0.585. The van der Waals surface area contributed by atoms with E-state index in [0.29, 0.717) is 11.8 Å². The number of ether oxygens (including phenoxy) is 1. The lowest BCUT2D eigenvalue weighted by atomic mass is 9.83. The number of urea groups is 1. The van der Waals surface area contributed by atoms with E-state index in [2.05, 4.69) is 15.5 Å². The summed E-state index contributed by atoms with van der Waals surface area (Å²) < 4.78 is 18.4. The number of nitrogens with one attached hydrogen (secondary N) is 2. The first-order valence-corrected chi connectivity index (χ1v) is 12.3. The number of methoxy groups -OCH3 is 1. The second-order valence-corrected chi connectivity index (χ2v) is 9.56. The number of halogens is 1. The van der Waals surface area contributed by atoms with Crippen molar-refractivity contribution in [3.8, 4) is 5.75 Å². The molecule has 0 radical (unpaired) electrons. The molecule has 5 nitrogen and oxygen atoms in total. The molecule has 4 rings (SSSR count). The van der Waals surface area contributed by atoms with Gasteiger partial charge >= 0.3 is 6.03 Å². The van der Waals surface area contributed by atoms with Crippen LogP contribution in [0.1, 0.15) is 44.1 Å². The molecule has 1 saturated heterocycles. The van der Waals surface area contributed by atoms with Crippen LogP contribution in [0.2, 0.25) is 0 Å². The highest BCUT2D eigenvalue weighted by atomic mass is 19.1. The molecule has 0 spiro atoms. The van der Waals surface area contributed by atoms with Crippen molar-refractivity contribution >= 4 is 11.7 Å².